The van der Waals surface area contributed by atoms with E-state index in [1.807, 2.05) is 0 Å². The molecular weight excluding hydrogens is 122 g/mol. The zero-order chi connectivity index (χ0) is 6.69. The standard InChI is InChI=1S/C4H9N3O2/c8-4(9)3-6-1-5-2-7-3/h4-5,8-9H,1-2H2,(H,6,7). The smallest absolute Gasteiger partial charge is 0.211 e. The molecule has 9 heavy (non-hydrogen) atoms. The first-order chi connectivity index (χ1) is 4.30. The Bertz CT molecular complexity index is 123. The first kappa shape index (κ1) is 6.47. The van der Waals surface area contributed by atoms with Gasteiger partial charge in [0.15, 0.2) is 5.84 Å². The second-order valence-electron chi connectivity index (χ2n) is 1.68. The molecule has 4 N–H and O–H groups in total. The fourth-order valence-corrected chi connectivity index (χ4v) is 0.579. The summed E-state index contributed by atoms with van der Waals surface area (Å²) < 4.78 is 0. The third-order valence-corrected chi connectivity index (χ3v) is 1.00. The largest absolute Gasteiger partial charge is 0.362 e. The number of aliphatic imine (C=N–C) groups is 1. The third kappa shape index (κ3) is 1.63. The number of amidine groups is 1. The molecule has 1 aliphatic rings. The lowest BCUT2D eigenvalue weighted by atomic mass is 10.5. The van der Waals surface area contributed by atoms with Crippen LogP contribution in [-0.4, -0.2) is 35.7 Å². The summed E-state index contributed by atoms with van der Waals surface area (Å²) in [7, 11) is 0. The molecule has 1 aliphatic heterocycles. The number of hydrogen-bond donors (Lipinski definition) is 4. The van der Waals surface area contributed by atoms with Crippen LogP contribution < -0.4 is 10.6 Å². The summed E-state index contributed by atoms with van der Waals surface area (Å²) in [5.74, 6) is 0.230. The van der Waals surface area contributed by atoms with Crippen LogP contribution in [0, 0.1) is 0 Å². The molecule has 0 aromatic rings. The molecule has 0 aliphatic carbocycles. The molecule has 0 aromatic heterocycles. The predicted molar refractivity (Wildman–Crippen MR) is 31.7 cm³/mol. The van der Waals surface area contributed by atoms with Crippen LogP contribution >= 0.6 is 0 Å². The Hall–Kier alpha value is -0.650. The van der Waals surface area contributed by atoms with E-state index in [1.165, 1.54) is 0 Å². The van der Waals surface area contributed by atoms with E-state index in [4.69, 9.17) is 10.2 Å². The zero-order valence-corrected chi connectivity index (χ0v) is 4.83. The minimum Gasteiger partial charge on any atom is -0.362 e. The van der Waals surface area contributed by atoms with E-state index < -0.39 is 6.29 Å². The second kappa shape index (κ2) is 2.77. The molecule has 1 rings (SSSR count). The van der Waals surface area contributed by atoms with Crippen molar-refractivity contribution < 1.29 is 10.2 Å². The number of nitrogens with zero attached hydrogens (tertiary/aromatic N) is 1. The van der Waals surface area contributed by atoms with Crippen LogP contribution in [0.3, 0.4) is 0 Å². The first-order valence-electron chi connectivity index (χ1n) is 2.66. The molecule has 0 bridgehead atoms. The normalized spacial score (nSPS) is 19.2. The van der Waals surface area contributed by atoms with Gasteiger partial charge in [0.25, 0.3) is 0 Å². The fraction of sp³-hybridized carbons (Fsp3) is 0.750. The van der Waals surface area contributed by atoms with Crippen molar-refractivity contribution in [2.45, 2.75) is 6.29 Å². The topological polar surface area (TPSA) is 76.9 Å². The predicted octanol–water partition coefficient (Wildman–Crippen LogP) is -2.20. The molecule has 0 radical (unpaired) electrons. The Labute approximate surface area is 52.4 Å². The van der Waals surface area contributed by atoms with Gasteiger partial charge in [0, 0.05) is 0 Å². The Balaban J connectivity index is 2.46. The summed E-state index contributed by atoms with van der Waals surface area (Å²) in [4.78, 5) is 3.72. The third-order valence-electron chi connectivity index (χ3n) is 1.00. The number of aliphatic hydroxyl groups is 2. The minimum absolute atomic E-state index is 0.230. The molecule has 0 saturated heterocycles. The van der Waals surface area contributed by atoms with Crippen molar-refractivity contribution in [2.24, 2.45) is 4.99 Å². The zero-order valence-electron chi connectivity index (χ0n) is 4.83. The number of nitrogens with one attached hydrogen (secondary N) is 2. The van der Waals surface area contributed by atoms with Gasteiger partial charge in [-0.15, -0.1) is 0 Å². The van der Waals surface area contributed by atoms with Crippen LogP contribution in [-0.2, 0) is 0 Å². The van der Waals surface area contributed by atoms with Gasteiger partial charge in [-0.3, -0.25) is 10.3 Å². The van der Waals surface area contributed by atoms with Crippen molar-refractivity contribution in [1.82, 2.24) is 10.6 Å². The molecule has 0 saturated carbocycles. The monoisotopic (exact) mass is 131 g/mol. The average Bonchev–Trinajstić information content (AvgIpc) is 1.90. The van der Waals surface area contributed by atoms with Gasteiger partial charge in [-0.2, -0.15) is 0 Å². The molecule has 0 unspecified atom stereocenters. The molecule has 1 heterocycles. The van der Waals surface area contributed by atoms with Crippen molar-refractivity contribution in [1.29, 1.82) is 0 Å². The van der Waals surface area contributed by atoms with Gasteiger partial charge >= 0.3 is 0 Å². The van der Waals surface area contributed by atoms with Gasteiger partial charge in [-0.25, -0.2) is 0 Å². The molecule has 0 fully saturated rings. The summed E-state index contributed by atoms with van der Waals surface area (Å²) in [6, 6.07) is 0. The average molecular weight is 131 g/mol. The van der Waals surface area contributed by atoms with Crippen molar-refractivity contribution in [2.75, 3.05) is 13.3 Å². The number of aliphatic hydroxyl groups excluding tert-OH is 1. The van der Waals surface area contributed by atoms with Gasteiger partial charge in [-0.05, 0) is 0 Å². The Morgan fingerprint density at radius 1 is 1.56 bits per heavy atom. The Morgan fingerprint density at radius 2 is 2.33 bits per heavy atom. The van der Waals surface area contributed by atoms with Crippen LogP contribution in [0.2, 0.25) is 0 Å². The van der Waals surface area contributed by atoms with Crippen molar-refractivity contribution in [3.63, 3.8) is 0 Å². The van der Waals surface area contributed by atoms with E-state index in [0.717, 1.165) is 0 Å². The van der Waals surface area contributed by atoms with E-state index in [2.05, 4.69) is 15.6 Å². The van der Waals surface area contributed by atoms with Gasteiger partial charge in [0.2, 0.25) is 6.29 Å². The van der Waals surface area contributed by atoms with Crippen LogP contribution in [0.15, 0.2) is 4.99 Å². The first-order valence-corrected chi connectivity index (χ1v) is 2.66. The highest BCUT2D eigenvalue weighted by atomic mass is 16.5. The van der Waals surface area contributed by atoms with Crippen molar-refractivity contribution in [3.05, 3.63) is 0 Å². The van der Waals surface area contributed by atoms with E-state index in [-0.39, 0.29) is 5.84 Å². The second-order valence-corrected chi connectivity index (χ2v) is 1.68. The number of rotatable bonds is 1. The highest BCUT2D eigenvalue weighted by molar-refractivity contribution is 5.85. The Morgan fingerprint density at radius 3 is 2.67 bits per heavy atom. The highest BCUT2D eigenvalue weighted by Crippen LogP contribution is 1.83. The molecule has 0 aromatic carbocycles. The summed E-state index contributed by atoms with van der Waals surface area (Å²) in [5.41, 5.74) is 0. The lowest BCUT2D eigenvalue weighted by molar-refractivity contribution is 0.0158. The summed E-state index contributed by atoms with van der Waals surface area (Å²) in [6.45, 7) is 0.983. The van der Waals surface area contributed by atoms with Gasteiger partial charge in [0.1, 0.15) is 0 Å². The highest BCUT2D eigenvalue weighted by Gasteiger charge is 2.09. The van der Waals surface area contributed by atoms with Crippen LogP contribution in [0.4, 0.5) is 0 Å². The maximum absolute atomic E-state index is 8.51. The fourth-order valence-electron chi connectivity index (χ4n) is 0.579. The summed E-state index contributed by atoms with van der Waals surface area (Å²) in [6.07, 6.45) is -1.47. The molecule has 0 atom stereocenters. The minimum atomic E-state index is -1.47. The summed E-state index contributed by atoms with van der Waals surface area (Å²) >= 11 is 0. The maximum atomic E-state index is 8.51. The molecule has 5 nitrogen and oxygen atoms in total. The molecular formula is C4H9N3O2. The molecule has 0 amide bonds. The number of hydrogen-bond acceptors (Lipinski definition) is 5. The molecule has 52 valence electrons. The lowest BCUT2D eigenvalue weighted by Crippen LogP contribution is -2.44. The quantitative estimate of drug-likeness (QED) is 0.305. The molecule has 0 spiro atoms. The Kier molecular flexibility index (Phi) is 1.99. The van der Waals surface area contributed by atoms with E-state index in [9.17, 15) is 0 Å². The van der Waals surface area contributed by atoms with Crippen LogP contribution in [0.1, 0.15) is 0 Å². The van der Waals surface area contributed by atoms with E-state index >= 15 is 0 Å². The summed E-state index contributed by atoms with van der Waals surface area (Å²) in [5, 5.41) is 22.5. The van der Waals surface area contributed by atoms with Crippen molar-refractivity contribution in [3.8, 4) is 0 Å². The van der Waals surface area contributed by atoms with Crippen molar-refractivity contribution >= 4 is 5.84 Å². The van der Waals surface area contributed by atoms with Gasteiger partial charge in [0.05, 0.1) is 13.3 Å². The van der Waals surface area contributed by atoms with Gasteiger partial charge in [-0.1, -0.05) is 0 Å². The maximum Gasteiger partial charge on any atom is 0.211 e. The van der Waals surface area contributed by atoms with E-state index in [0.29, 0.717) is 13.3 Å². The van der Waals surface area contributed by atoms with Gasteiger partial charge < -0.3 is 15.5 Å². The van der Waals surface area contributed by atoms with Crippen LogP contribution in [0.25, 0.3) is 0 Å². The van der Waals surface area contributed by atoms with E-state index in [1.54, 1.807) is 0 Å². The lowest BCUT2D eigenvalue weighted by Gasteiger charge is -2.16. The van der Waals surface area contributed by atoms with Crippen LogP contribution in [0.5, 0.6) is 0 Å². The molecule has 5 heteroatoms. The SMILES string of the molecule is OC(O)C1=NCNCN1.